The quantitative estimate of drug-likeness (QED) is 0.289. The molecule has 0 bridgehead atoms. The minimum absolute atomic E-state index is 0.421. The molecule has 0 fully saturated rings. The normalized spacial score (nSPS) is 11.5. The Morgan fingerprint density at radius 3 is 2.20 bits per heavy atom. The van der Waals surface area contributed by atoms with Gasteiger partial charge in [-0.1, -0.05) is 52.8 Å². The maximum Gasteiger partial charge on any atom is 0.146 e. The average Bonchev–Trinajstić information content (AvgIpc) is 3.18. The van der Waals surface area contributed by atoms with Crippen molar-refractivity contribution in [3.05, 3.63) is 88.9 Å². The van der Waals surface area contributed by atoms with Crippen LogP contribution in [-0.2, 0) is 0 Å². The standard InChI is InChI=1S/C24H20ClN3OS/c1-15-3-5-16(6-4-15)21-24(28-22(26)17-7-11-19(25)12-8-17)30-23(27-21)18-9-13-20(29-2)14-10-18/h3-14H,1-2H3,(H2,26,28). The van der Waals surface area contributed by atoms with Gasteiger partial charge in [0.15, 0.2) is 0 Å². The zero-order valence-corrected chi connectivity index (χ0v) is 18.2. The number of methoxy groups -OCH3 is 1. The Bertz CT molecular complexity index is 1180. The fourth-order valence-electron chi connectivity index (χ4n) is 2.94. The molecule has 3 aromatic carbocycles. The summed E-state index contributed by atoms with van der Waals surface area (Å²) < 4.78 is 5.26. The minimum atomic E-state index is 0.421. The summed E-state index contributed by atoms with van der Waals surface area (Å²) in [5.74, 6) is 1.23. The second-order valence-electron chi connectivity index (χ2n) is 6.77. The first-order chi connectivity index (χ1) is 14.5. The highest BCUT2D eigenvalue weighted by atomic mass is 35.5. The number of thiazole rings is 1. The van der Waals surface area contributed by atoms with E-state index in [9.17, 15) is 0 Å². The molecule has 0 radical (unpaired) electrons. The molecule has 0 saturated heterocycles. The number of halogens is 1. The lowest BCUT2D eigenvalue weighted by Crippen LogP contribution is -2.12. The van der Waals surface area contributed by atoms with E-state index in [2.05, 4.69) is 31.2 Å². The first kappa shape index (κ1) is 20.1. The molecule has 0 atom stereocenters. The average molecular weight is 434 g/mol. The first-order valence-corrected chi connectivity index (χ1v) is 10.6. The van der Waals surface area contributed by atoms with Gasteiger partial charge in [-0.2, -0.15) is 0 Å². The lowest BCUT2D eigenvalue weighted by Gasteiger charge is -2.03. The van der Waals surface area contributed by atoms with Crippen molar-refractivity contribution < 1.29 is 4.74 Å². The third-order valence-corrected chi connectivity index (χ3v) is 5.88. The SMILES string of the molecule is COc1ccc(-c2nc(-c3ccc(C)cc3)c(/N=C(\N)c3ccc(Cl)cc3)s2)cc1. The van der Waals surface area contributed by atoms with Gasteiger partial charge in [0.25, 0.3) is 0 Å². The van der Waals surface area contributed by atoms with E-state index < -0.39 is 0 Å². The van der Waals surface area contributed by atoms with Crippen LogP contribution in [0.3, 0.4) is 0 Å². The second-order valence-corrected chi connectivity index (χ2v) is 8.19. The van der Waals surface area contributed by atoms with Gasteiger partial charge in [-0.3, -0.25) is 0 Å². The molecule has 0 unspecified atom stereocenters. The summed E-state index contributed by atoms with van der Waals surface area (Å²) >= 11 is 7.50. The van der Waals surface area contributed by atoms with Gasteiger partial charge < -0.3 is 10.5 Å². The molecule has 6 heteroatoms. The zero-order valence-electron chi connectivity index (χ0n) is 16.6. The van der Waals surface area contributed by atoms with Gasteiger partial charge in [0.05, 0.1) is 7.11 Å². The smallest absolute Gasteiger partial charge is 0.146 e. The van der Waals surface area contributed by atoms with Crippen LogP contribution in [-0.4, -0.2) is 17.9 Å². The van der Waals surface area contributed by atoms with Gasteiger partial charge in [0.2, 0.25) is 0 Å². The number of benzene rings is 3. The highest BCUT2D eigenvalue weighted by Gasteiger charge is 2.15. The number of nitrogens with two attached hydrogens (primary N) is 1. The number of ether oxygens (including phenoxy) is 1. The second kappa shape index (κ2) is 8.69. The van der Waals surface area contributed by atoms with E-state index in [4.69, 9.17) is 32.0 Å². The summed E-state index contributed by atoms with van der Waals surface area (Å²) in [6, 6.07) is 23.4. The van der Waals surface area contributed by atoms with E-state index in [-0.39, 0.29) is 0 Å². The van der Waals surface area contributed by atoms with E-state index >= 15 is 0 Å². The van der Waals surface area contributed by atoms with Crippen LogP contribution in [0.15, 0.2) is 77.8 Å². The van der Waals surface area contributed by atoms with Crippen molar-refractivity contribution in [2.75, 3.05) is 7.11 Å². The Labute approximate surface area is 184 Å². The molecule has 0 aliphatic rings. The van der Waals surface area contributed by atoms with Crippen molar-refractivity contribution in [2.45, 2.75) is 6.92 Å². The summed E-state index contributed by atoms with van der Waals surface area (Å²) in [5, 5.41) is 2.29. The van der Waals surface area contributed by atoms with E-state index in [1.165, 1.54) is 16.9 Å². The maximum atomic E-state index is 6.30. The number of amidine groups is 1. The predicted octanol–water partition coefficient (Wildman–Crippen LogP) is 6.48. The van der Waals surface area contributed by atoms with Gasteiger partial charge >= 0.3 is 0 Å². The molecule has 4 nitrogen and oxygen atoms in total. The summed E-state index contributed by atoms with van der Waals surface area (Å²) in [4.78, 5) is 9.61. The summed E-state index contributed by atoms with van der Waals surface area (Å²) in [6.45, 7) is 2.06. The molecular weight excluding hydrogens is 414 g/mol. The number of hydrogen-bond donors (Lipinski definition) is 1. The van der Waals surface area contributed by atoms with E-state index in [0.29, 0.717) is 10.9 Å². The number of aromatic nitrogens is 1. The van der Waals surface area contributed by atoms with Gasteiger partial charge in [-0.25, -0.2) is 9.98 Å². The van der Waals surface area contributed by atoms with Crippen molar-refractivity contribution in [3.63, 3.8) is 0 Å². The van der Waals surface area contributed by atoms with Crippen LogP contribution in [0, 0.1) is 6.92 Å². The van der Waals surface area contributed by atoms with Crippen molar-refractivity contribution >= 4 is 33.8 Å². The molecule has 0 saturated carbocycles. The van der Waals surface area contributed by atoms with E-state index in [1.807, 2.05) is 36.4 Å². The molecule has 0 amide bonds. The lowest BCUT2D eigenvalue weighted by molar-refractivity contribution is 0.415. The van der Waals surface area contributed by atoms with Crippen LogP contribution in [0.25, 0.3) is 21.8 Å². The van der Waals surface area contributed by atoms with Crippen LogP contribution in [0.5, 0.6) is 5.75 Å². The molecule has 1 aromatic heterocycles. The van der Waals surface area contributed by atoms with Crippen molar-refractivity contribution in [1.29, 1.82) is 0 Å². The number of rotatable bonds is 5. The molecule has 2 N–H and O–H groups in total. The van der Waals surface area contributed by atoms with Gasteiger partial charge in [0.1, 0.15) is 27.3 Å². The van der Waals surface area contributed by atoms with E-state index in [1.54, 1.807) is 19.2 Å². The number of nitrogens with zero attached hydrogens (tertiary/aromatic N) is 2. The number of aryl methyl sites for hydroxylation is 1. The molecule has 30 heavy (non-hydrogen) atoms. The lowest BCUT2D eigenvalue weighted by atomic mass is 10.1. The van der Waals surface area contributed by atoms with Crippen molar-refractivity contribution in [2.24, 2.45) is 10.7 Å². The monoisotopic (exact) mass is 433 g/mol. The molecule has 0 spiro atoms. The maximum absolute atomic E-state index is 6.30. The Morgan fingerprint density at radius 2 is 1.57 bits per heavy atom. The number of hydrogen-bond acceptors (Lipinski definition) is 4. The van der Waals surface area contributed by atoms with Crippen molar-refractivity contribution in [3.8, 4) is 27.6 Å². The number of aliphatic imine (C=N–C) groups is 1. The topological polar surface area (TPSA) is 60.5 Å². The molecule has 1 heterocycles. The summed E-state index contributed by atoms with van der Waals surface area (Å²) in [5.41, 5.74) is 11.1. The van der Waals surface area contributed by atoms with Gasteiger partial charge in [-0.05, 0) is 55.5 Å². The Balaban J connectivity index is 1.80. The fourth-order valence-corrected chi connectivity index (χ4v) is 4.04. The van der Waals surface area contributed by atoms with Crippen LogP contribution in [0.1, 0.15) is 11.1 Å². The third kappa shape index (κ3) is 4.37. The Morgan fingerprint density at radius 1 is 0.933 bits per heavy atom. The molecular formula is C24H20ClN3OS. The molecule has 0 aliphatic carbocycles. The van der Waals surface area contributed by atoms with Crippen LogP contribution in [0.2, 0.25) is 5.02 Å². The zero-order chi connectivity index (χ0) is 21.1. The van der Waals surface area contributed by atoms with E-state index in [0.717, 1.165) is 38.1 Å². The Hall–Kier alpha value is -3.15. The highest BCUT2D eigenvalue weighted by Crippen LogP contribution is 2.40. The Kier molecular flexibility index (Phi) is 5.84. The molecule has 0 aliphatic heterocycles. The van der Waals surface area contributed by atoms with Crippen LogP contribution < -0.4 is 10.5 Å². The van der Waals surface area contributed by atoms with Crippen molar-refractivity contribution in [1.82, 2.24) is 4.98 Å². The fraction of sp³-hybridized carbons (Fsp3) is 0.0833. The molecule has 4 rings (SSSR count). The third-order valence-electron chi connectivity index (χ3n) is 4.63. The van der Waals surface area contributed by atoms with Gasteiger partial charge in [0, 0.05) is 21.7 Å². The van der Waals surface area contributed by atoms with Gasteiger partial charge in [-0.15, -0.1) is 0 Å². The minimum Gasteiger partial charge on any atom is -0.497 e. The molecule has 4 aromatic rings. The van der Waals surface area contributed by atoms with Crippen LogP contribution in [0.4, 0.5) is 5.00 Å². The first-order valence-electron chi connectivity index (χ1n) is 9.36. The van der Waals surface area contributed by atoms with Crippen LogP contribution >= 0.6 is 22.9 Å². The highest BCUT2D eigenvalue weighted by molar-refractivity contribution is 7.19. The summed E-state index contributed by atoms with van der Waals surface area (Å²) in [6.07, 6.45) is 0. The predicted molar refractivity (Wildman–Crippen MR) is 126 cm³/mol. The largest absolute Gasteiger partial charge is 0.497 e. The molecule has 150 valence electrons. The summed E-state index contributed by atoms with van der Waals surface area (Å²) in [7, 11) is 1.65.